The van der Waals surface area contributed by atoms with E-state index in [2.05, 4.69) is 33.9 Å². The van der Waals surface area contributed by atoms with E-state index in [1.165, 1.54) is 6.08 Å². The van der Waals surface area contributed by atoms with Crippen molar-refractivity contribution < 1.29 is 37.8 Å². The zero-order valence-electron chi connectivity index (χ0n) is 31.6. The third kappa shape index (κ3) is 9.63. The summed E-state index contributed by atoms with van der Waals surface area (Å²) in [6, 6.07) is 32.0. The SMILES string of the molecule is CCOC(=O)/C=C1\[C@@H]([C@@H](C)O[Si](C)(C)C(C)(C)C)C(=O)N1C(=O)c1cc(OCc2ccccc2)c(OCc2ccccc2)c(OCc2ccccc2)c1. The van der Waals surface area contributed by atoms with Crippen molar-refractivity contribution in [2.24, 2.45) is 5.92 Å². The van der Waals surface area contributed by atoms with Crippen LogP contribution in [0.2, 0.25) is 18.1 Å². The lowest BCUT2D eigenvalue weighted by Gasteiger charge is -2.46. The van der Waals surface area contributed by atoms with E-state index < -0.39 is 38.1 Å². The van der Waals surface area contributed by atoms with Crippen LogP contribution >= 0.6 is 0 Å². The van der Waals surface area contributed by atoms with Crippen molar-refractivity contribution in [1.82, 2.24) is 4.90 Å². The standard InChI is InChI=1S/C43H49NO8Si/c1-8-48-38(45)26-35-39(30(2)52-53(6,7)43(3,4)5)42(47)44(35)41(46)34-24-36(49-27-31-18-12-9-13-19-31)40(51-29-33-22-16-11-17-23-33)37(25-34)50-28-32-20-14-10-15-21-32/h9-26,30,39H,8,27-29H2,1-7H3/b35-26+/t30-,39-/m1/s1. The van der Waals surface area contributed by atoms with Gasteiger partial charge in [-0.05, 0) is 60.8 Å². The van der Waals surface area contributed by atoms with Gasteiger partial charge in [0, 0.05) is 11.6 Å². The molecule has 9 nitrogen and oxygen atoms in total. The van der Waals surface area contributed by atoms with Crippen LogP contribution in [0.25, 0.3) is 0 Å². The fourth-order valence-corrected chi connectivity index (χ4v) is 7.10. The van der Waals surface area contributed by atoms with Crippen LogP contribution in [0.15, 0.2) is 115 Å². The van der Waals surface area contributed by atoms with Crippen LogP contribution in [0.3, 0.4) is 0 Å². The first kappa shape index (κ1) is 39.0. The van der Waals surface area contributed by atoms with Gasteiger partial charge < -0.3 is 23.4 Å². The van der Waals surface area contributed by atoms with Crippen LogP contribution in [0.1, 0.15) is 61.7 Å². The smallest absolute Gasteiger partial charge is 0.332 e. The van der Waals surface area contributed by atoms with Gasteiger partial charge in [0.15, 0.2) is 19.8 Å². The zero-order chi connectivity index (χ0) is 38.2. The number of carbonyl (C=O) groups is 3. The molecule has 5 rings (SSSR count). The lowest BCUT2D eigenvalue weighted by Crippen LogP contribution is -2.59. The number of imide groups is 1. The summed E-state index contributed by atoms with van der Waals surface area (Å²) in [6.45, 7) is 14.8. The molecule has 1 saturated heterocycles. The Morgan fingerprint density at radius 2 is 1.23 bits per heavy atom. The normalized spacial score (nSPS) is 15.8. The lowest BCUT2D eigenvalue weighted by molar-refractivity contribution is -0.142. The quantitative estimate of drug-likeness (QED) is 0.0393. The molecule has 1 fully saturated rings. The predicted molar refractivity (Wildman–Crippen MR) is 206 cm³/mol. The van der Waals surface area contributed by atoms with Crippen LogP contribution in [-0.2, 0) is 38.6 Å². The number of hydrogen-bond acceptors (Lipinski definition) is 8. The van der Waals surface area contributed by atoms with Gasteiger partial charge in [-0.25, -0.2) is 9.69 Å². The molecule has 0 radical (unpaired) electrons. The molecule has 1 heterocycles. The number of rotatable bonds is 15. The molecule has 0 bridgehead atoms. The van der Waals surface area contributed by atoms with Gasteiger partial charge in [0.05, 0.1) is 18.4 Å². The summed E-state index contributed by atoms with van der Waals surface area (Å²) in [4.78, 5) is 42.3. The lowest BCUT2D eigenvalue weighted by atomic mass is 9.87. The van der Waals surface area contributed by atoms with E-state index in [4.69, 9.17) is 23.4 Å². The van der Waals surface area contributed by atoms with Crippen LogP contribution in [0, 0.1) is 5.92 Å². The third-order valence-corrected chi connectivity index (χ3v) is 14.1. The van der Waals surface area contributed by atoms with E-state index in [-0.39, 0.29) is 54.2 Å². The highest BCUT2D eigenvalue weighted by Gasteiger charge is 2.52. The molecule has 1 aliphatic heterocycles. The van der Waals surface area contributed by atoms with Gasteiger partial charge in [-0.2, -0.15) is 0 Å². The molecule has 2 atom stereocenters. The number of likely N-dealkylation sites (tertiary alicyclic amines) is 1. The average molecular weight is 736 g/mol. The van der Waals surface area contributed by atoms with Gasteiger partial charge in [0.1, 0.15) is 25.7 Å². The number of hydrogen-bond donors (Lipinski definition) is 0. The van der Waals surface area contributed by atoms with Gasteiger partial charge in [-0.3, -0.25) is 9.59 Å². The maximum Gasteiger partial charge on any atom is 0.332 e. The highest BCUT2D eigenvalue weighted by Crippen LogP contribution is 2.44. The fourth-order valence-electron chi connectivity index (χ4n) is 5.68. The predicted octanol–water partition coefficient (Wildman–Crippen LogP) is 8.88. The summed E-state index contributed by atoms with van der Waals surface area (Å²) in [6.07, 6.45) is 0.632. The number of nitrogens with zero attached hydrogens (tertiary/aromatic N) is 1. The number of amides is 2. The third-order valence-electron chi connectivity index (χ3n) is 9.54. The summed E-state index contributed by atoms with van der Waals surface area (Å²) in [5.74, 6) is -1.79. The minimum absolute atomic E-state index is 0.114. The average Bonchev–Trinajstić information content (AvgIpc) is 3.12. The van der Waals surface area contributed by atoms with E-state index in [1.807, 2.05) is 97.9 Å². The first-order chi connectivity index (χ1) is 25.3. The molecule has 10 heteroatoms. The summed E-state index contributed by atoms with van der Waals surface area (Å²) in [5, 5.41) is -0.120. The number of esters is 1. The molecule has 53 heavy (non-hydrogen) atoms. The number of β-lactam (4-membered cyclic amide) rings is 1. The van der Waals surface area contributed by atoms with Gasteiger partial charge >= 0.3 is 5.97 Å². The Morgan fingerprint density at radius 1 is 0.774 bits per heavy atom. The Hall–Kier alpha value is -5.19. The van der Waals surface area contributed by atoms with Crippen LogP contribution in [0.5, 0.6) is 17.2 Å². The van der Waals surface area contributed by atoms with E-state index in [1.54, 1.807) is 19.1 Å². The monoisotopic (exact) mass is 735 g/mol. The van der Waals surface area contributed by atoms with Crippen molar-refractivity contribution in [1.29, 1.82) is 0 Å². The zero-order valence-corrected chi connectivity index (χ0v) is 32.6. The molecule has 0 spiro atoms. The second kappa shape index (κ2) is 17.1. The van der Waals surface area contributed by atoms with Gasteiger partial charge in [0.2, 0.25) is 11.7 Å². The highest BCUT2D eigenvalue weighted by molar-refractivity contribution is 6.74. The molecule has 278 valence electrons. The molecule has 2 amide bonds. The van der Waals surface area contributed by atoms with E-state index in [0.29, 0.717) is 5.75 Å². The van der Waals surface area contributed by atoms with E-state index in [9.17, 15) is 14.4 Å². The number of benzene rings is 4. The van der Waals surface area contributed by atoms with Gasteiger partial charge in [-0.1, -0.05) is 112 Å². The van der Waals surface area contributed by atoms with E-state index in [0.717, 1.165) is 21.6 Å². The topological polar surface area (TPSA) is 101 Å². The second-order valence-corrected chi connectivity index (χ2v) is 19.2. The molecule has 4 aromatic rings. The summed E-state index contributed by atoms with van der Waals surface area (Å²) in [5.41, 5.74) is 3.06. The van der Waals surface area contributed by atoms with Crippen LogP contribution < -0.4 is 14.2 Å². The Kier molecular flexibility index (Phi) is 12.6. The maximum atomic E-state index is 14.5. The first-order valence-electron chi connectivity index (χ1n) is 17.9. The number of carbonyl (C=O) groups excluding carboxylic acids is 3. The molecule has 1 aliphatic rings. The van der Waals surface area contributed by atoms with Crippen molar-refractivity contribution >= 4 is 26.1 Å². The minimum atomic E-state index is -2.31. The summed E-state index contributed by atoms with van der Waals surface area (Å²) >= 11 is 0. The summed E-state index contributed by atoms with van der Waals surface area (Å²) < 4.78 is 30.9. The Bertz CT molecular complexity index is 1840. The fraction of sp³-hybridized carbons (Fsp3) is 0.326. The molecular weight excluding hydrogens is 687 g/mol. The molecule has 0 saturated carbocycles. The Balaban J connectivity index is 1.55. The van der Waals surface area contributed by atoms with Gasteiger partial charge in [0.25, 0.3) is 5.91 Å². The highest BCUT2D eigenvalue weighted by atomic mass is 28.4. The van der Waals surface area contributed by atoms with Crippen LogP contribution in [-0.4, -0.2) is 43.7 Å². The van der Waals surface area contributed by atoms with E-state index >= 15 is 0 Å². The van der Waals surface area contributed by atoms with Gasteiger partial charge in [-0.15, -0.1) is 0 Å². The molecule has 0 unspecified atom stereocenters. The van der Waals surface area contributed by atoms with Crippen molar-refractivity contribution in [3.63, 3.8) is 0 Å². The molecule has 0 N–H and O–H groups in total. The van der Waals surface area contributed by atoms with Crippen molar-refractivity contribution in [2.45, 2.75) is 78.7 Å². The maximum absolute atomic E-state index is 14.5. The second-order valence-electron chi connectivity index (χ2n) is 14.5. The molecule has 0 aromatic heterocycles. The largest absolute Gasteiger partial charge is 0.485 e. The molecule has 0 aliphatic carbocycles. The summed E-state index contributed by atoms with van der Waals surface area (Å²) in [7, 11) is -2.31. The minimum Gasteiger partial charge on any atom is -0.485 e. The van der Waals surface area contributed by atoms with Crippen molar-refractivity contribution in [2.75, 3.05) is 6.61 Å². The Morgan fingerprint density at radius 3 is 1.66 bits per heavy atom. The molecule has 4 aromatic carbocycles. The van der Waals surface area contributed by atoms with Crippen LogP contribution in [0.4, 0.5) is 0 Å². The Labute approximate surface area is 313 Å². The molecular formula is C43H49NO8Si. The van der Waals surface area contributed by atoms with Crippen molar-refractivity contribution in [3.05, 3.63) is 137 Å². The van der Waals surface area contributed by atoms with Crippen molar-refractivity contribution in [3.8, 4) is 17.2 Å². The first-order valence-corrected chi connectivity index (χ1v) is 20.8. The number of ether oxygens (including phenoxy) is 4.